The number of rotatable bonds is 3. The van der Waals surface area contributed by atoms with Gasteiger partial charge in [-0.25, -0.2) is 0 Å². The van der Waals surface area contributed by atoms with E-state index in [2.05, 4.69) is 0 Å². The van der Waals surface area contributed by atoms with Crippen molar-refractivity contribution in [2.24, 2.45) is 0 Å². The van der Waals surface area contributed by atoms with Crippen molar-refractivity contribution in [3.63, 3.8) is 0 Å². The smallest absolute Gasteiger partial charge is 0.450 e. The second-order valence-corrected chi connectivity index (χ2v) is 7.12. The first-order valence-electron chi connectivity index (χ1n) is 8.82. The maximum absolute atomic E-state index is 13.3. The SMILES string of the molecule is Cc1oc(C(F)(F)F)c(C(=O)N2CCCC(CO)(c3ccccc3)C2)c1C. The van der Waals surface area contributed by atoms with Crippen molar-refractivity contribution in [1.82, 2.24) is 4.90 Å². The van der Waals surface area contributed by atoms with E-state index < -0.39 is 28.8 Å². The summed E-state index contributed by atoms with van der Waals surface area (Å²) in [5.41, 5.74) is -0.0320. The lowest BCUT2D eigenvalue weighted by atomic mass is 9.74. The normalized spacial score (nSPS) is 20.7. The first-order valence-corrected chi connectivity index (χ1v) is 8.82. The number of carbonyl (C=O) groups excluding carboxylic acids is 1. The first kappa shape index (κ1) is 19.5. The lowest BCUT2D eigenvalue weighted by molar-refractivity contribution is -0.153. The molecular weight excluding hydrogens is 359 g/mol. The summed E-state index contributed by atoms with van der Waals surface area (Å²) in [5, 5.41) is 10.1. The predicted octanol–water partition coefficient (Wildman–Crippen LogP) is 4.08. The fourth-order valence-corrected chi connectivity index (χ4v) is 3.80. The van der Waals surface area contributed by atoms with Gasteiger partial charge >= 0.3 is 6.18 Å². The Morgan fingerprint density at radius 2 is 1.93 bits per heavy atom. The third kappa shape index (κ3) is 3.48. The van der Waals surface area contributed by atoms with Crippen LogP contribution in [0, 0.1) is 13.8 Å². The quantitative estimate of drug-likeness (QED) is 0.872. The number of hydrogen-bond acceptors (Lipinski definition) is 3. The van der Waals surface area contributed by atoms with E-state index in [1.54, 1.807) is 0 Å². The van der Waals surface area contributed by atoms with E-state index in [4.69, 9.17) is 4.42 Å². The molecular formula is C20H22F3NO3. The number of benzene rings is 1. The number of carbonyl (C=O) groups is 1. The van der Waals surface area contributed by atoms with Gasteiger partial charge in [-0.15, -0.1) is 0 Å². The van der Waals surface area contributed by atoms with Crippen LogP contribution in [0.25, 0.3) is 0 Å². The molecule has 1 atom stereocenters. The zero-order valence-electron chi connectivity index (χ0n) is 15.3. The molecule has 1 aromatic heterocycles. The van der Waals surface area contributed by atoms with Crippen LogP contribution in [0.2, 0.25) is 0 Å². The molecule has 1 aliphatic rings. The number of aliphatic hydroxyl groups is 1. The number of nitrogens with zero attached hydrogens (tertiary/aromatic N) is 1. The van der Waals surface area contributed by atoms with E-state index >= 15 is 0 Å². The molecule has 1 aliphatic heterocycles. The fraction of sp³-hybridized carbons (Fsp3) is 0.450. The van der Waals surface area contributed by atoms with Crippen molar-refractivity contribution in [2.45, 2.75) is 38.3 Å². The number of halogens is 3. The number of amides is 1. The maximum atomic E-state index is 13.3. The van der Waals surface area contributed by atoms with Gasteiger partial charge in [0.2, 0.25) is 5.76 Å². The Balaban J connectivity index is 1.97. The molecule has 0 spiro atoms. The van der Waals surface area contributed by atoms with E-state index in [1.807, 2.05) is 30.3 Å². The van der Waals surface area contributed by atoms with Crippen LogP contribution < -0.4 is 0 Å². The second kappa shape index (κ2) is 7.03. The Kier molecular flexibility index (Phi) is 5.08. The van der Waals surface area contributed by atoms with Crippen LogP contribution in [0.3, 0.4) is 0 Å². The molecule has 1 amide bonds. The fourth-order valence-electron chi connectivity index (χ4n) is 3.80. The molecule has 4 nitrogen and oxygen atoms in total. The van der Waals surface area contributed by atoms with E-state index in [9.17, 15) is 23.1 Å². The molecule has 1 saturated heterocycles. The minimum atomic E-state index is -4.74. The molecule has 146 valence electrons. The maximum Gasteiger partial charge on any atom is 0.450 e. The van der Waals surface area contributed by atoms with Gasteiger partial charge in [0, 0.05) is 24.1 Å². The third-order valence-electron chi connectivity index (χ3n) is 5.41. The highest BCUT2D eigenvalue weighted by molar-refractivity contribution is 5.97. The molecule has 27 heavy (non-hydrogen) atoms. The largest absolute Gasteiger partial charge is 0.456 e. The summed E-state index contributed by atoms with van der Waals surface area (Å²) in [6.07, 6.45) is -3.49. The van der Waals surface area contributed by atoms with Gasteiger partial charge in [0.15, 0.2) is 0 Å². The predicted molar refractivity (Wildman–Crippen MR) is 93.5 cm³/mol. The van der Waals surface area contributed by atoms with Crippen LogP contribution in [0.15, 0.2) is 34.7 Å². The summed E-state index contributed by atoms with van der Waals surface area (Å²) in [4.78, 5) is 14.4. The number of piperidine rings is 1. The van der Waals surface area contributed by atoms with Crippen molar-refractivity contribution >= 4 is 5.91 Å². The molecule has 7 heteroatoms. The number of hydrogen-bond donors (Lipinski definition) is 1. The molecule has 1 unspecified atom stereocenters. The molecule has 3 rings (SSSR count). The van der Waals surface area contributed by atoms with Crippen molar-refractivity contribution in [1.29, 1.82) is 0 Å². The molecule has 0 bridgehead atoms. The summed E-state index contributed by atoms with van der Waals surface area (Å²) >= 11 is 0. The van der Waals surface area contributed by atoms with Crippen molar-refractivity contribution < 1.29 is 27.5 Å². The summed E-state index contributed by atoms with van der Waals surface area (Å²) in [5.74, 6) is -1.87. The summed E-state index contributed by atoms with van der Waals surface area (Å²) < 4.78 is 44.9. The van der Waals surface area contributed by atoms with E-state index in [0.29, 0.717) is 19.4 Å². The molecule has 2 heterocycles. The van der Waals surface area contributed by atoms with Crippen LogP contribution in [0.5, 0.6) is 0 Å². The number of aryl methyl sites for hydroxylation is 1. The number of furan rings is 1. The van der Waals surface area contributed by atoms with Crippen LogP contribution in [0.1, 0.15) is 45.8 Å². The minimum absolute atomic E-state index is 0.0826. The van der Waals surface area contributed by atoms with Crippen LogP contribution >= 0.6 is 0 Å². The molecule has 2 aromatic rings. The molecule has 1 fully saturated rings. The summed E-state index contributed by atoms with van der Waals surface area (Å²) in [7, 11) is 0. The average Bonchev–Trinajstić information content (AvgIpc) is 2.97. The molecule has 0 aliphatic carbocycles. The highest BCUT2D eigenvalue weighted by Crippen LogP contribution is 2.39. The lowest BCUT2D eigenvalue weighted by Gasteiger charge is -2.42. The Morgan fingerprint density at radius 3 is 2.52 bits per heavy atom. The highest BCUT2D eigenvalue weighted by Gasteiger charge is 2.44. The van der Waals surface area contributed by atoms with Gasteiger partial charge in [-0.2, -0.15) is 13.2 Å². The Bertz CT molecular complexity index is 829. The van der Waals surface area contributed by atoms with Crippen LogP contribution in [-0.4, -0.2) is 35.6 Å². The van der Waals surface area contributed by atoms with Gasteiger partial charge in [0.25, 0.3) is 5.91 Å². The zero-order chi connectivity index (χ0) is 19.8. The van der Waals surface area contributed by atoms with Crippen LogP contribution in [0.4, 0.5) is 13.2 Å². The molecule has 0 radical (unpaired) electrons. The van der Waals surface area contributed by atoms with E-state index in [1.165, 1.54) is 18.7 Å². The number of alkyl halides is 3. The lowest BCUT2D eigenvalue weighted by Crippen LogP contribution is -2.50. The minimum Gasteiger partial charge on any atom is -0.456 e. The van der Waals surface area contributed by atoms with Crippen molar-refractivity contribution in [2.75, 3.05) is 19.7 Å². The Labute approximate surface area is 155 Å². The van der Waals surface area contributed by atoms with Crippen LogP contribution in [-0.2, 0) is 11.6 Å². The van der Waals surface area contributed by atoms with Gasteiger partial charge in [-0.1, -0.05) is 30.3 Å². The Morgan fingerprint density at radius 1 is 1.26 bits per heavy atom. The summed E-state index contributed by atoms with van der Waals surface area (Å²) in [6, 6.07) is 9.29. The Hall–Kier alpha value is -2.28. The van der Waals surface area contributed by atoms with Gasteiger partial charge in [-0.05, 0) is 32.3 Å². The first-order chi connectivity index (χ1) is 12.7. The molecule has 1 N–H and O–H groups in total. The van der Waals surface area contributed by atoms with Crippen molar-refractivity contribution in [3.8, 4) is 0 Å². The molecule has 0 saturated carbocycles. The summed E-state index contributed by atoms with van der Waals surface area (Å²) in [6.45, 7) is 3.19. The molecule has 1 aromatic carbocycles. The standard InChI is InChI=1S/C20H22F3NO3/c1-13-14(2)27-17(20(21,22)23)16(13)18(26)24-10-6-9-19(11-24,12-25)15-7-4-3-5-8-15/h3-5,7-8,25H,6,9-12H2,1-2H3. The second-order valence-electron chi connectivity index (χ2n) is 7.12. The monoisotopic (exact) mass is 381 g/mol. The average molecular weight is 381 g/mol. The van der Waals surface area contributed by atoms with E-state index in [0.717, 1.165) is 5.56 Å². The zero-order valence-corrected chi connectivity index (χ0v) is 15.3. The number of likely N-dealkylation sites (tertiary alicyclic amines) is 1. The van der Waals surface area contributed by atoms with Gasteiger partial charge in [-0.3, -0.25) is 4.79 Å². The van der Waals surface area contributed by atoms with Gasteiger partial charge in [0.05, 0.1) is 12.2 Å². The third-order valence-corrected chi connectivity index (χ3v) is 5.41. The van der Waals surface area contributed by atoms with Crippen molar-refractivity contribution in [3.05, 3.63) is 58.5 Å². The number of aliphatic hydroxyl groups excluding tert-OH is 1. The van der Waals surface area contributed by atoms with Gasteiger partial charge in [0.1, 0.15) is 5.76 Å². The topological polar surface area (TPSA) is 53.7 Å². The van der Waals surface area contributed by atoms with E-state index in [-0.39, 0.29) is 24.5 Å². The highest BCUT2D eigenvalue weighted by atomic mass is 19.4. The van der Waals surface area contributed by atoms with Gasteiger partial charge < -0.3 is 14.4 Å².